The van der Waals surface area contributed by atoms with Crippen molar-refractivity contribution in [3.63, 3.8) is 0 Å². The van der Waals surface area contributed by atoms with Crippen LogP contribution in [-0.2, 0) is 0 Å². The quantitative estimate of drug-likeness (QED) is 0.804. The molecule has 144 valence electrons. The van der Waals surface area contributed by atoms with Crippen LogP contribution in [0.3, 0.4) is 0 Å². The Morgan fingerprint density at radius 3 is 2.50 bits per heavy atom. The summed E-state index contributed by atoms with van der Waals surface area (Å²) in [5.41, 5.74) is 7.95. The number of aryl methyl sites for hydroxylation is 2. The largest absolute Gasteiger partial charge is 0.346 e. The topological polar surface area (TPSA) is 98.2 Å². The van der Waals surface area contributed by atoms with Crippen LogP contribution in [0, 0.1) is 25.7 Å². The molecule has 26 heavy (non-hydrogen) atoms. The first kappa shape index (κ1) is 20.9. The smallest absolute Gasteiger partial charge is 0.291 e. The zero-order chi connectivity index (χ0) is 16.8. The third-order valence-corrected chi connectivity index (χ3v) is 5.50. The average molecular weight is 401 g/mol. The Balaban J connectivity index is 0.00000121. The molecule has 0 aromatic carbocycles. The summed E-state index contributed by atoms with van der Waals surface area (Å²) >= 11 is 0. The third kappa shape index (κ3) is 3.80. The lowest BCUT2D eigenvalue weighted by Gasteiger charge is -2.45. The van der Waals surface area contributed by atoms with Gasteiger partial charge in [0.1, 0.15) is 0 Å². The van der Waals surface area contributed by atoms with Crippen LogP contribution in [0.5, 0.6) is 0 Å². The molecule has 9 heteroatoms. The summed E-state index contributed by atoms with van der Waals surface area (Å²) in [6.07, 6.45) is 5.53. The van der Waals surface area contributed by atoms with Crippen molar-refractivity contribution in [2.24, 2.45) is 17.6 Å². The molecular formula is C17H26Cl2N6O. The van der Waals surface area contributed by atoms with Gasteiger partial charge in [-0.25, -0.2) is 9.50 Å². The maximum Gasteiger partial charge on any atom is 0.291 e. The first-order chi connectivity index (χ1) is 11.5. The fourth-order valence-electron chi connectivity index (χ4n) is 4.50. The van der Waals surface area contributed by atoms with Crippen LogP contribution in [0.2, 0.25) is 0 Å². The van der Waals surface area contributed by atoms with E-state index in [1.807, 2.05) is 19.9 Å². The lowest BCUT2D eigenvalue weighted by molar-refractivity contribution is 0.0747. The number of fused-ring (bicyclic) bond motifs is 3. The molecule has 0 saturated heterocycles. The molecule has 2 atom stereocenters. The van der Waals surface area contributed by atoms with E-state index in [1.165, 1.54) is 6.42 Å². The number of aromatic nitrogens is 4. The Morgan fingerprint density at radius 2 is 1.85 bits per heavy atom. The second-order valence-corrected chi connectivity index (χ2v) is 7.37. The number of nitrogens with two attached hydrogens (primary N) is 1. The molecule has 2 aliphatic rings. The number of hydrogen-bond donors (Lipinski definition) is 2. The summed E-state index contributed by atoms with van der Waals surface area (Å²) in [7, 11) is 0. The molecular weight excluding hydrogens is 375 g/mol. The molecule has 7 nitrogen and oxygen atoms in total. The van der Waals surface area contributed by atoms with E-state index in [2.05, 4.69) is 20.4 Å². The summed E-state index contributed by atoms with van der Waals surface area (Å²) in [6, 6.07) is 2.40. The molecule has 4 rings (SSSR count). The van der Waals surface area contributed by atoms with Crippen LogP contribution in [0.1, 0.15) is 54.1 Å². The Morgan fingerprint density at radius 1 is 1.19 bits per heavy atom. The molecule has 3 N–H and O–H groups in total. The SMILES string of the molecule is Cc1cc(C)n2nc(C(=O)NC3C4CCCC3CC(N)C4)nc2n1.Cl.Cl. The second-order valence-electron chi connectivity index (χ2n) is 7.37. The summed E-state index contributed by atoms with van der Waals surface area (Å²) < 4.78 is 1.62. The number of amides is 1. The molecule has 2 heterocycles. The summed E-state index contributed by atoms with van der Waals surface area (Å²) in [6.45, 7) is 3.85. The molecule has 2 unspecified atom stereocenters. The number of carbonyl (C=O) groups excluding carboxylic acids is 1. The number of carbonyl (C=O) groups is 1. The van der Waals surface area contributed by atoms with Crippen LogP contribution in [0.15, 0.2) is 6.07 Å². The predicted octanol–water partition coefficient (Wildman–Crippen LogP) is 2.22. The molecule has 2 aromatic heterocycles. The Labute approximate surface area is 165 Å². The highest BCUT2D eigenvalue weighted by atomic mass is 35.5. The number of nitrogens with zero attached hydrogens (tertiary/aromatic N) is 4. The van der Waals surface area contributed by atoms with Gasteiger partial charge in [-0.3, -0.25) is 4.79 Å². The minimum Gasteiger partial charge on any atom is -0.346 e. The number of halogens is 2. The van der Waals surface area contributed by atoms with Gasteiger partial charge in [0.2, 0.25) is 5.82 Å². The zero-order valence-corrected chi connectivity index (χ0v) is 16.6. The van der Waals surface area contributed by atoms with Gasteiger partial charge in [0.15, 0.2) is 0 Å². The van der Waals surface area contributed by atoms with Crippen LogP contribution in [0.25, 0.3) is 5.78 Å². The van der Waals surface area contributed by atoms with Gasteiger partial charge < -0.3 is 11.1 Å². The highest BCUT2D eigenvalue weighted by Gasteiger charge is 2.40. The molecule has 0 spiro atoms. The van der Waals surface area contributed by atoms with E-state index in [4.69, 9.17) is 5.73 Å². The van der Waals surface area contributed by atoms with E-state index in [0.29, 0.717) is 17.6 Å². The molecule has 2 aromatic rings. The predicted molar refractivity (Wildman–Crippen MR) is 104 cm³/mol. The van der Waals surface area contributed by atoms with Crippen LogP contribution in [0.4, 0.5) is 0 Å². The third-order valence-electron chi connectivity index (χ3n) is 5.50. The van der Waals surface area contributed by atoms with E-state index in [-0.39, 0.29) is 48.6 Å². The van der Waals surface area contributed by atoms with Crippen molar-refractivity contribution in [1.29, 1.82) is 0 Å². The Kier molecular flexibility index (Phi) is 6.47. The van der Waals surface area contributed by atoms with E-state index in [9.17, 15) is 4.79 Å². The summed E-state index contributed by atoms with van der Waals surface area (Å²) in [5, 5.41) is 7.53. The average Bonchev–Trinajstić information content (AvgIpc) is 2.92. The highest BCUT2D eigenvalue weighted by molar-refractivity contribution is 5.91. The van der Waals surface area contributed by atoms with E-state index >= 15 is 0 Å². The van der Waals surface area contributed by atoms with Crippen molar-refractivity contribution in [3.8, 4) is 0 Å². The molecule has 2 bridgehead atoms. The molecule has 1 amide bonds. The maximum atomic E-state index is 12.7. The van der Waals surface area contributed by atoms with Crippen LogP contribution < -0.4 is 11.1 Å². The van der Waals surface area contributed by atoms with Gasteiger partial charge in [-0.05, 0) is 57.4 Å². The molecule has 0 aliphatic heterocycles. The first-order valence-corrected chi connectivity index (χ1v) is 8.78. The van der Waals surface area contributed by atoms with Crippen molar-refractivity contribution in [3.05, 3.63) is 23.3 Å². The summed E-state index contributed by atoms with van der Waals surface area (Å²) in [5.74, 6) is 1.44. The van der Waals surface area contributed by atoms with Crippen molar-refractivity contribution in [2.75, 3.05) is 0 Å². The zero-order valence-electron chi connectivity index (χ0n) is 15.0. The van der Waals surface area contributed by atoms with E-state index in [1.54, 1.807) is 4.52 Å². The Hall–Kier alpha value is -1.44. The van der Waals surface area contributed by atoms with Crippen molar-refractivity contribution >= 4 is 36.5 Å². The molecule has 0 radical (unpaired) electrons. The minimum atomic E-state index is -0.199. The number of nitrogens with one attached hydrogen (secondary N) is 1. The number of rotatable bonds is 2. The van der Waals surface area contributed by atoms with E-state index in [0.717, 1.165) is 37.1 Å². The fraction of sp³-hybridized carbons (Fsp3) is 0.647. The van der Waals surface area contributed by atoms with Gasteiger partial charge >= 0.3 is 0 Å². The van der Waals surface area contributed by atoms with Crippen LogP contribution in [-0.4, -0.2) is 37.6 Å². The monoisotopic (exact) mass is 400 g/mol. The van der Waals surface area contributed by atoms with Gasteiger partial charge in [0.05, 0.1) is 0 Å². The molecule has 2 saturated carbocycles. The van der Waals surface area contributed by atoms with Gasteiger partial charge in [0, 0.05) is 23.5 Å². The molecule has 2 aliphatic carbocycles. The van der Waals surface area contributed by atoms with Gasteiger partial charge in [-0.15, -0.1) is 29.9 Å². The standard InChI is InChI=1S/C17H24N6O.2ClH/c1-9-6-10(2)23-17(19-9)21-15(22-23)16(24)20-14-11-4-3-5-12(14)8-13(18)7-11;;/h6,11-14H,3-5,7-8,18H2,1-2H3,(H,20,24);2*1H. The second kappa shape index (κ2) is 8.06. The normalized spacial score (nSPS) is 27.3. The van der Waals surface area contributed by atoms with E-state index < -0.39 is 0 Å². The van der Waals surface area contributed by atoms with Crippen LogP contribution >= 0.6 is 24.8 Å². The van der Waals surface area contributed by atoms with Crippen molar-refractivity contribution in [1.82, 2.24) is 24.9 Å². The van der Waals surface area contributed by atoms with Gasteiger partial charge in [-0.2, -0.15) is 4.98 Å². The fourth-order valence-corrected chi connectivity index (χ4v) is 4.50. The molecule has 2 fully saturated rings. The van der Waals surface area contributed by atoms with Crippen molar-refractivity contribution < 1.29 is 4.79 Å². The Bertz CT molecular complexity index is 781. The lowest BCUT2D eigenvalue weighted by Crippen LogP contribution is -2.53. The first-order valence-electron chi connectivity index (χ1n) is 8.78. The maximum absolute atomic E-state index is 12.7. The number of hydrogen-bond acceptors (Lipinski definition) is 5. The summed E-state index contributed by atoms with van der Waals surface area (Å²) in [4.78, 5) is 21.3. The van der Waals surface area contributed by atoms with Gasteiger partial charge in [-0.1, -0.05) is 6.42 Å². The minimum absolute atomic E-state index is 0. The van der Waals surface area contributed by atoms with Crippen molar-refractivity contribution in [2.45, 2.75) is 58.0 Å². The highest BCUT2D eigenvalue weighted by Crippen LogP contribution is 2.39. The van der Waals surface area contributed by atoms with Gasteiger partial charge in [0.25, 0.3) is 11.7 Å². The lowest BCUT2D eigenvalue weighted by atomic mass is 9.67.